The van der Waals surface area contributed by atoms with Crippen LogP contribution in [0.15, 0.2) is 48.2 Å². The SMILES string of the molecule is C=CCN1C(=O)S/C(=C\c2cc(C)n(-c3cccnc3)c2C)C1=O. The number of thioether (sulfide) groups is 1. The van der Waals surface area contributed by atoms with E-state index in [2.05, 4.69) is 16.1 Å². The van der Waals surface area contributed by atoms with Gasteiger partial charge in [-0.3, -0.25) is 19.5 Å². The molecule has 3 rings (SSSR count). The van der Waals surface area contributed by atoms with Crippen molar-refractivity contribution >= 4 is 29.0 Å². The summed E-state index contributed by atoms with van der Waals surface area (Å²) in [6.45, 7) is 7.80. The van der Waals surface area contributed by atoms with Gasteiger partial charge in [0.1, 0.15) is 0 Å². The monoisotopic (exact) mass is 339 g/mol. The van der Waals surface area contributed by atoms with E-state index >= 15 is 0 Å². The lowest BCUT2D eigenvalue weighted by atomic mass is 10.2. The Bertz CT molecular complexity index is 853. The molecule has 0 aromatic carbocycles. The van der Waals surface area contributed by atoms with Crippen LogP contribution in [0.4, 0.5) is 4.79 Å². The Hall–Kier alpha value is -2.60. The number of carbonyl (C=O) groups excluding carboxylic acids is 2. The van der Waals surface area contributed by atoms with Gasteiger partial charge in [0.15, 0.2) is 0 Å². The standard InChI is InChI=1S/C18H17N3O2S/c1-4-8-20-17(22)16(24-18(20)23)10-14-9-12(2)21(13(14)3)15-6-5-7-19-11-15/h4-7,9-11H,1,8H2,2-3H3/b16-10-. The van der Waals surface area contributed by atoms with Crippen LogP contribution in [0.25, 0.3) is 11.8 Å². The molecule has 122 valence electrons. The second kappa shape index (κ2) is 6.49. The molecule has 1 aliphatic heterocycles. The summed E-state index contributed by atoms with van der Waals surface area (Å²) < 4.78 is 2.08. The Morgan fingerprint density at radius 2 is 2.12 bits per heavy atom. The van der Waals surface area contributed by atoms with Crippen LogP contribution >= 0.6 is 11.8 Å². The van der Waals surface area contributed by atoms with Crippen molar-refractivity contribution in [1.82, 2.24) is 14.5 Å². The quantitative estimate of drug-likeness (QED) is 0.629. The Balaban J connectivity index is 1.99. The van der Waals surface area contributed by atoms with Gasteiger partial charge in [0.2, 0.25) is 0 Å². The van der Waals surface area contributed by atoms with Crippen molar-refractivity contribution in [2.45, 2.75) is 13.8 Å². The first-order valence-corrected chi connectivity index (χ1v) is 8.30. The van der Waals surface area contributed by atoms with E-state index in [1.165, 1.54) is 4.90 Å². The van der Waals surface area contributed by atoms with E-state index < -0.39 is 0 Å². The molecule has 6 heteroatoms. The zero-order valence-electron chi connectivity index (χ0n) is 13.5. The van der Waals surface area contributed by atoms with E-state index in [9.17, 15) is 9.59 Å². The minimum absolute atomic E-state index is 0.233. The Kier molecular flexibility index (Phi) is 4.40. The van der Waals surface area contributed by atoms with Gasteiger partial charge in [0.05, 0.1) is 16.8 Å². The van der Waals surface area contributed by atoms with Gasteiger partial charge < -0.3 is 4.57 Å². The molecule has 1 aliphatic rings. The van der Waals surface area contributed by atoms with Gasteiger partial charge in [0.25, 0.3) is 11.1 Å². The van der Waals surface area contributed by atoms with E-state index in [-0.39, 0.29) is 17.7 Å². The average Bonchev–Trinajstić information content (AvgIpc) is 2.99. The zero-order valence-corrected chi connectivity index (χ0v) is 14.3. The molecule has 5 nitrogen and oxygen atoms in total. The topological polar surface area (TPSA) is 55.2 Å². The van der Waals surface area contributed by atoms with Crippen LogP contribution in [-0.4, -0.2) is 32.1 Å². The third kappa shape index (κ3) is 2.80. The molecule has 2 aromatic heterocycles. The lowest BCUT2D eigenvalue weighted by Gasteiger charge is -2.09. The lowest BCUT2D eigenvalue weighted by molar-refractivity contribution is -0.122. The number of aryl methyl sites for hydroxylation is 1. The zero-order chi connectivity index (χ0) is 17.3. The molecule has 0 spiro atoms. The van der Waals surface area contributed by atoms with Crippen LogP contribution in [-0.2, 0) is 4.79 Å². The molecule has 0 aliphatic carbocycles. The molecule has 0 N–H and O–H groups in total. The number of hydrogen-bond acceptors (Lipinski definition) is 4. The number of nitrogens with zero attached hydrogens (tertiary/aromatic N) is 3. The van der Waals surface area contributed by atoms with Gasteiger partial charge in [-0.15, -0.1) is 6.58 Å². The van der Waals surface area contributed by atoms with Crippen LogP contribution in [0.1, 0.15) is 17.0 Å². The van der Waals surface area contributed by atoms with Gasteiger partial charge in [0, 0.05) is 24.1 Å². The maximum Gasteiger partial charge on any atom is 0.293 e. The second-order valence-corrected chi connectivity index (χ2v) is 6.45. The van der Waals surface area contributed by atoms with E-state index in [0.29, 0.717) is 4.91 Å². The summed E-state index contributed by atoms with van der Waals surface area (Å²) >= 11 is 0.965. The Labute approximate surface area is 144 Å². The van der Waals surface area contributed by atoms with Gasteiger partial charge in [-0.25, -0.2) is 0 Å². The van der Waals surface area contributed by atoms with Gasteiger partial charge >= 0.3 is 0 Å². The molecule has 0 bridgehead atoms. The average molecular weight is 339 g/mol. The maximum atomic E-state index is 12.3. The smallest absolute Gasteiger partial charge is 0.293 e. The van der Waals surface area contributed by atoms with Crippen molar-refractivity contribution in [2.24, 2.45) is 0 Å². The highest BCUT2D eigenvalue weighted by Crippen LogP contribution is 2.33. The van der Waals surface area contributed by atoms with Crippen molar-refractivity contribution in [2.75, 3.05) is 6.54 Å². The third-order valence-electron chi connectivity index (χ3n) is 3.85. The number of amides is 2. The number of imide groups is 1. The van der Waals surface area contributed by atoms with Crippen LogP contribution in [0.5, 0.6) is 0 Å². The highest BCUT2D eigenvalue weighted by atomic mass is 32.2. The van der Waals surface area contributed by atoms with E-state index in [1.807, 2.05) is 32.0 Å². The predicted octanol–water partition coefficient (Wildman–Crippen LogP) is 3.71. The summed E-state index contributed by atoms with van der Waals surface area (Å²) in [5, 5.41) is -0.257. The molecule has 0 atom stereocenters. The van der Waals surface area contributed by atoms with E-state index in [0.717, 1.165) is 34.4 Å². The first kappa shape index (κ1) is 16.3. The van der Waals surface area contributed by atoms with Crippen molar-refractivity contribution in [3.05, 3.63) is 65.1 Å². The molecule has 1 fully saturated rings. The minimum Gasteiger partial charge on any atom is -0.316 e. The van der Waals surface area contributed by atoms with Crippen molar-refractivity contribution in [3.63, 3.8) is 0 Å². The molecule has 0 saturated carbocycles. The lowest BCUT2D eigenvalue weighted by Crippen LogP contribution is -2.27. The highest BCUT2D eigenvalue weighted by molar-refractivity contribution is 8.18. The highest BCUT2D eigenvalue weighted by Gasteiger charge is 2.34. The van der Waals surface area contributed by atoms with Crippen LogP contribution < -0.4 is 0 Å². The van der Waals surface area contributed by atoms with Crippen molar-refractivity contribution in [3.8, 4) is 5.69 Å². The van der Waals surface area contributed by atoms with Gasteiger partial charge in [-0.2, -0.15) is 0 Å². The number of carbonyl (C=O) groups is 2. The van der Waals surface area contributed by atoms with E-state index in [4.69, 9.17) is 0 Å². The fourth-order valence-corrected chi connectivity index (χ4v) is 3.58. The number of aromatic nitrogens is 2. The van der Waals surface area contributed by atoms with E-state index in [1.54, 1.807) is 24.5 Å². The molecule has 3 heterocycles. The largest absolute Gasteiger partial charge is 0.316 e. The van der Waals surface area contributed by atoms with Crippen LogP contribution in [0.3, 0.4) is 0 Å². The van der Waals surface area contributed by atoms with Crippen molar-refractivity contribution < 1.29 is 9.59 Å². The predicted molar refractivity (Wildman–Crippen MR) is 95.9 cm³/mol. The molecular formula is C18H17N3O2S. The second-order valence-electron chi connectivity index (χ2n) is 5.45. The first-order valence-electron chi connectivity index (χ1n) is 7.48. The van der Waals surface area contributed by atoms with Crippen LogP contribution in [0, 0.1) is 13.8 Å². The summed E-state index contributed by atoms with van der Waals surface area (Å²) in [5.74, 6) is -0.268. The summed E-state index contributed by atoms with van der Waals surface area (Å²) in [4.78, 5) is 30.0. The van der Waals surface area contributed by atoms with Gasteiger partial charge in [-0.1, -0.05) is 6.08 Å². The third-order valence-corrected chi connectivity index (χ3v) is 4.75. The summed E-state index contributed by atoms with van der Waals surface area (Å²) in [7, 11) is 0. The number of hydrogen-bond donors (Lipinski definition) is 0. The fourth-order valence-electron chi connectivity index (χ4n) is 2.74. The fraction of sp³-hybridized carbons (Fsp3) is 0.167. The number of rotatable bonds is 4. The van der Waals surface area contributed by atoms with Gasteiger partial charge in [-0.05, 0) is 55.4 Å². The normalized spacial score (nSPS) is 16.2. The summed E-state index contributed by atoms with van der Waals surface area (Å²) in [6.07, 6.45) is 6.85. The molecule has 0 radical (unpaired) electrons. The Morgan fingerprint density at radius 1 is 1.33 bits per heavy atom. The molecule has 2 amide bonds. The molecule has 0 unspecified atom stereocenters. The number of pyridine rings is 1. The van der Waals surface area contributed by atoms with Crippen molar-refractivity contribution in [1.29, 1.82) is 0 Å². The minimum atomic E-state index is -0.268. The summed E-state index contributed by atoms with van der Waals surface area (Å²) in [6, 6.07) is 5.87. The molecule has 24 heavy (non-hydrogen) atoms. The molecular weight excluding hydrogens is 322 g/mol. The molecule has 1 saturated heterocycles. The first-order chi connectivity index (χ1) is 11.5. The Morgan fingerprint density at radius 3 is 2.79 bits per heavy atom. The summed E-state index contributed by atoms with van der Waals surface area (Å²) in [5.41, 5.74) is 3.92. The van der Waals surface area contributed by atoms with Crippen LogP contribution in [0.2, 0.25) is 0 Å². The molecule has 2 aromatic rings. The maximum absolute atomic E-state index is 12.3.